The third kappa shape index (κ3) is 5.37. The van der Waals surface area contributed by atoms with E-state index in [0.717, 1.165) is 37.0 Å². The largest absolute Gasteiger partial charge is 0.497 e. The van der Waals surface area contributed by atoms with Gasteiger partial charge in [0.2, 0.25) is 11.8 Å². The lowest BCUT2D eigenvalue weighted by Gasteiger charge is -2.19. The fraction of sp³-hybridized carbons (Fsp3) is 0.545. The van der Waals surface area contributed by atoms with Crippen molar-refractivity contribution in [2.45, 2.75) is 38.5 Å². The Morgan fingerprint density at radius 2 is 1.70 bits per heavy atom. The van der Waals surface area contributed by atoms with E-state index in [9.17, 15) is 19.2 Å². The number of hydrogen-bond donors (Lipinski definition) is 1. The van der Waals surface area contributed by atoms with Gasteiger partial charge in [-0.1, -0.05) is 25.0 Å². The maximum absolute atomic E-state index is 12.4. The van der Waals surface area contributed by atoms with Gasteiger partial charge in [0.25, 0.3) is 5.91 Å². The van der Waals surface area contributed by atoms with E-state index in [-0.39, 0.29) is 43.2 Å². The highest BCUT2D eigenvalue weighted by atomic mass is 16.5. The molecular formula is C22H28N2O6. The Morgan fingerprint density at radius 1 is 1.07 bits per heavy atom. The minimum atomic E-state index is -0.601. The van der Waals surface area contributed by atoms with Gasteiger partial charge in [0.1, 0.15) is 5.75 Å². The van der Waals surface area contributed by atoms with Gasteiger partial charge in [0, 0.05) is 13.1 Å². The number of methoxy groups -OCH3 is 1. The van der Waals surface area contributed by atoms with Gasteiger partial charge in [-0.25, -0.2) is 0 Å². The number of ether oxygens (including phenoxy) is 2. The number of amides is 3. The maximum atomic E-state index is 12.4. The zero-order valence-corrected chi connectivity index (χ0v) is 17.2. The molecular weight excluding hydrogens is 388 g/mol. The van der Waals surface area contributed by atoms with Crippen molar-refractivity contribution in [2.24, 2.45) is 11.8 Å². The van der Waals surface area contributed by atoms with Crippen molar-refractivity contribution in [1.82, 2.24) is 10.2 Å². The molecule has 0 bridgehead atoms. The number of hydrogen-bond acceptors (Lipinski definition) is 6. The number of rotatable bonds is 9. The molecule has 1 aliphatic carbocycles. The van der Waals surface area contributed by atoms with Gasteiger partial charge in [-0.15, -0.1) is 0 Å². The van der Waals surface area contributed by atoms with E-state index in [1.807, 2.05) is 24.3 Å². The summed E-state index contributed by atoms with van der Waals surface area (Å²) < 4.78 is 10.1. The van der Waals surface area contributed by atoms with Crippen LogP contribution < -0.4 is 10.1 Å². The van der Waals surface area contributed by atoms with Gasteiger partial charge in [0.05, 0.1) is 25.4 Å². The van der Waals surface area contributed by atoms with Crippen LogP contribution in [0.3, 0.4) is 0 Å². The van der Waals surface area contributed by atoms with Gasteiger partial charge in [0.15, 0.2) is 6.61 Å². The molecule has 0 unspecified atom stereocenters. The lowest BCUT2D eigenvalue weighted by molar-refractivity contribution is -0.149. The fourth-order valence-corrected chi connectivity index (χ4v) is 4.06. The van der Waals surface area contributed by atoms with Crippen LogP contribution in [0.1, 0.15) is 37.7 Å². The molecule has 8 nitrogen and oxygen atoms in total. The lowest BCUT2D eigenvalue weighted by atomic mass is 9.81. The molecule has 30 heavy (non-hydrogen) atoms. The molecule has 2 fully saturated rings. The number of esters is 1. The molecule has 1 heterocycles. The minimum Gasteiger partial charge on any atom is -0.497 e. The Hall–Kier alpha value is -2.90. The second-order valence-corrected chi connectivity index (χ2v) is 7.68. The molecule has 2 aliphatic rings. The first-order chi connectivity index (χ1) is 14.5. The number of carbonyl (C=O) groups excluding carboxylic acids is 4. The topological polar surface area (TPSA) is 102 Å². The molecule has 3 rings (SSSR count). The molecule has 3 amide bonds. The number of likely N-dealkylation sites (tertiary alicyclic amines) is 1. The molecule has 1 N–H and O–H groups in total. The van der Waals surface area contributed by atoms with Gasteiger partial charge >= 0.3 is 5.97 Å². The Labute approximate surface area is 175 Å². The molecule has 0 aromatic heterocycles. The van der Waals surface area contributed by atoms with E-state index in [1.54, 1.807) is 7.11 Å². The zero-order chi connectivity index (χ0) is 21.5. The van der Waals surface area contributed by atoms with Crippen molar-refractivity contribution >= 4 is 23.7 Å². The summed E-state index contributed by atoms with van der Waals surface area (Å²) in [4.78, 5) is 49.7. The summed E-state index contributed by atoms with van der Waals surface area (Å²) in [6, 6.07) is 7.54. The van der Waals surface area contributed by atoms with Crippen LogP contribution in [-0.4, -0.2) is 55.4 Å². The standard InChI is InChI=1S/C22H28N2O6/c1-29-16-8-6-15(7-9-16)10-12-23-19(25)14-30-20(26)11-13-24-21(27)17-4-2-3-5-18(17)22(24)28/h6-9,17-18H,2-5,10-14H2,1H3,(H,23,25)/t17-,18-/m1/s1. The van der Waals surface area contributed by atoms with Crippen molar-refractivity contribution < 1.29 is 28.7 Å². The summed E-state index contributed by atoms with van der Waals surface area (Å²) in [6.45, 7) is 0.0550. The van der Waals surface area contributed by atoms with Crippen LogP contribution in [0.15, 0.2) is 24.3 Å². The van der Waals surface area contributed by atoms with Crippen molar-refractivity contribution in [3.05, 3.63) is 29.8 Å². The number of fused-ring (bicyclic) bond motifs is 1. The van der Waals surface area contributed by atoms with Crippen molar-refractivity contribution in [3.8, 4) is 5.75 Å². The second kappa shape index (κ2) is 10.2. The van der Waals surface area contributed by atoms with Crippen LogP contribution in [0.5, 0.6) is 5.75 Å². The van der Waals surface area contributed by atoms with Gasteiger partial charge < -0.3 is 14.8 Å². The highest BCUT2D eigenvalue weighted by Gasteiger charge is 2.47. The normalized spacial score (nSPS) is 20.6. The molecule has 8 heteroatoms. The van der Waals surface area contributed by atoms with E-state index in [0.29, 0.717) is 13.0 Å². The number of benzene rings is 1. The fourth-order valence-electron chi connectivity index (χ4n) is 4.06. The average Bonchev–Trinajstić information content (AvgIpc) is 3.01. The molecule has 1 aromatic carbocycles. The molecule has 0 spiro atoms. The molecule has 1 saturated heterocycles. The maximum Gasteiger partial charge on any atom is 0.308 e. The number of imide groups is 1. The Morgan fingerprint density at radius 3 is 2.30 bits per heavy atom. The predicted octanol–water partition coefficient (Wildman–Crippen LogP) is 1.46. The first kappa shape index (κ1) is 21.8. The van der Waals surface area contributed by atoms with Crippen LogP contribution >= 0.6 is 0 Å². The summed E-state index contributed by atoms with van der Waals surface area (Å²) in [5.41, 5.74) is 1.05. The zero-order valence-electron chi connectivity index (χ0n) is 17.2. The van der Waals surface area contributed by atoms with Crippen molar-refractivity contribution in [3.63, 3.8) is 0 Å². The first-order valence-corrected chi connectivity index (χ1v) is 10.4. The quantitative estimate of drug-likeness (QED) is 0.483. The van der Waals surface area contributed by atoms with E-state index in [4.69, 9.17) is 9.47 Å². The van der Waals surface area contributed by atoms with E-state index in [1.165, 1.54) is 4.90 Å². The number of nitrogens with one attached hydrogen (secondary N) is 1. The molecule has 1 aliphatic heterocycles. The monoisotopic (exact) mass is 416 g/mol. The highest BCUT2D eigenvalue weighted by molar-refractivity contribution is 6.05. The molecule has 1 saturated carbocycles. The predicted molar refractivity (Wildman–Crippen MR) is 107 cm³/mol. The minimum absolute atomic E-state index is 0.0165. The van der Waals surface area contributed by atoms with E-state index >= 15 is 0 Å². The lowest BCUT2D eigenvalue weighted by Crippen LogP contribution is -2.34. The van der Waals surface area contributed by atoms with Crippen LogP contribution in [0, 0.1) is 11.8 Å². The van der Waals surface area contributed by atoms with Crippen LogP contribution in [0.2, 0.25) is 0 Å². The summed E-state index contributed by atoms with van der Waals surface area (Å²) in [5.74, 6) is -1.02. The number of nitrogens with zero attached hydrogens (tertiary/aromatic N) is 1. The first-order valence-electron chi connectivity index (χ1n) is 10.4. The van der Waals surface area contributed by atoms with E-state index < -0.39 is 11.9 Å². The van der Waals surface area contributed by atoms with Crippen molar-refractivity contribution in [2.75, 3.05) is 26.8 Å². The summed E-state index contributed by atoms with van der Waals surface area (Å²) in [5, 5.41) is 2.69. The van der Waals surface area contributed by atoms with Crippen LogP contribution in [0.25, 0.3) is 0 Å². The Balaban J connectivity index is 1.32. The molecule has 1 aromatic rings. The Kier molecular flexibility index (Phi) is 7.43. The molecule has 2 atom stereocenters. The Bertz CT molecular complexity index is 767. The summed E-state index contributed by atoms with van der Waals surface area (Å²) >= 11 is 0. The summed E-state index contributed by atoms with van der Waals surface area (Å²) in [7, 11) is 1.60. The number of carbonyl (C=O) groups is 4. The van der Waals surface area contributed by atoms with Gasteiger partial charge in [-0.2, -0.15) is 0 Å². The smallest absolute Gasteiger partial charge is 0.308 e. The second-order valence-electron chi connectivity index (χ2n) is 7.68. The molecule has 162 valence electrons. The molecule has 0 radical (unpaired) electrons. The van der Waals surface area contributed by atoms with Crippen LogP contribution in [0.4, 0.5) is 0 Å². The van der Waals surface area contributed by atoms with Crippen molar-refractivity contribution in [1.29, 1.82) is 0 Å². The highest BCUT2D eigenvalue weighted by Crippen LogP contribution is 2.37. The average molecular weight is 416 g/mol. The van der Waals surface area contributed by atoms with Gasteiger partial charge in [-0.05, 0) is 37.0 Å². The summed E-state index contributed by atoms with van der Waals surface area (Å²) in [6.07, 6.45) is 3.95. The third-order valence-electron chi connectivity index (χ3n) is 5.73. The third-order valence-corrected chi connectivity index (χ3v) is 5.73. The SMILES string of the molecule is COc1ccc(CCNC(=O)COC(=O)CCN2C(=O)[C@@H]3CCCC[C@H]3C2=O)cc1. The van der Waals surface area contributed by atoms with E-state index in [2.05, 4.69) is 5.32 Å². The van der Waals surface area contributed by atoms with Gasteiger partial charge in [-0.3, -0.25) is 24.1 Å². The van der Waals surface area contributed by atoms with Crippen LogP contribution in [-0.2, 0) is 30.3 Å².